The number of hydrogen-bond donors (Lipinski definition) is 3. The van der Waals surface area contributed by atoms with Gasteiger partial charge in [-0.05, 0) is 32.9 Å². The van der Waals surface area contributed by atoms with Crippen molar-refractivity contribution in [1.29, 1.82) is 0 Å². The van der Waals surface area contributed by atoms with Crippen molar-refractivity contribution in [3.63, 3.8) is 0 Å². The predicted molar refractivity (Wildman–Crippen MR) is 77.2 cm³/mol. The molecule has 2 aliphatic heterocycles. The Morgan fingerprint density at radius 2 is 1.90 bits per heavy atom. The number of nitrogens with one attached hydrogen (secondary N) is 2. The zero-order valence-electron chi connectivity index (χ0n) is 12.6. The molecule has 3 N–H and O–H groups in total. The Kier molecular flexibility index (Phi) is 5.41. The number of rotatable bonds is 5. The van der Waals surface area contributed by atoms with E-state index in [1.807, 2.05) is 6.92 Å². The number of carboxylic acid groups (broad SMARTS) is 1. The van der Waals surface area contributed by atoms with Crippen LogP contribution < -0.4 is 10.6 Å². The molecule has 0 spiro atoms. The van der Waals surface area contributed by atoms with Gasteiger partial charge in [0.1, 0.15) is 5.54 Å². The maximum absolute atomic E-state index is 12.1. The highest BCUT2D eigenvalue weighted by molar-refractivity contribution is 5.86. The minimum Gasteiger partial charge on any atom is -0.480 e. The molecule has 7 heteroatoms. The van der Waals surface area contributed by atoms with Gasteiger partial charge in [-0.2, -0.15) is 0 Å². The van der Waals surface area contributed by atoms with E-state index in [1.54, 1.807) is 0 Å². The second-order valence-corrected chi connectivity index (χ2v) is 6.01. The van der Waals surface area contributed by atoms with E-state index in [2.05, 4.69) is 15.5 Å². The molecule has 0 saturated carbocycles. The first-order valence-electron chi connectivity index (χ1n) is 7.64. The van der Waals surface area contributed by atoms with Crippen LogP contribution in [0.15, 0.2) is 0 Å². The van der Waals surface area contributed by atoms with E-state index in [4.69, 9.17) is 4.74 Å². The summed E-state index contributed by atoms with van der Waals surface area (Å²) in [5.41, 5.74) is -1.20. The van der Waals surface area contributed by atoms with Crippen LogP contribution in [0.5, 0.6) is 0 Å². The number of ether oxygens (including phenoxy) is 1. The maximum atomic E-state index is 12.1. The fourth-order valence-corrected chi connectivity index (χ4v) is 2.99. The number of urea groups is 1. The van der Waals surface area contributed by atoms with Crippen molar-refractivity contribution in [2.24, 2.45) is 0 Å². The third-order valence-corrected chi connectivity index (χ3v) is 4.22. The van der Waals surface area contributed by atoms with E-state index in [0.717, 1.165) is 19.6 Å². The zero-order chi connectivity index (χ0) is 15.3. The highest BCUT2D eigenvalue weighted by atomic mass is 16.5. The van der Waals surface area contributed by atoms with Crippen molar-refractivity contribution in [3.05, 3.63) is 0 Å². The van der Waals surface area contributed by atoms with E-state index in [1.165, 1.54) is 12.8 Å². The van der Waals surface area contributed by atoms with Crippen molar-refractivity contribution >= 4 is 12.0 Å². The predicted octanol–water partition coefficient (Wildman–Crippen LogP) is 0.404. The lowest BCUT2D eigenvalue weighted by Crippen LogP contribution is -2.60. The minimum atomic E-state index is -1.20. The first-order valence-corrected chi connectivity index (χ1v) is 7.64. The van der Waals surface area contributed by atoms with E-state index < -0.39 is 17.5 Å². The van der Waals surface area contributed by atoms with E-state index in [0.29, 0.717) is 26.1 Å². The third kappa shape index (κ3) is 4.31. The van der Waals surface area contributed by atoms with Crippen LogP contribution in [0.25, 0.3) is 0 Å². The molecule has 2 saturated heterocycles. The van der Waals surface area contributed by atoms with Gasteiger partial charge in [0.25, 0.3) is 0 Å². The smallest absolute Gasteiger partial charge is 0.329 e. The maximum Gasteiger partial charge on any atom is 0.329 e. The second-order valence-electron chi connectivity index (χ2n) is 6.01. The van der Waals surface area contributed by atoms with Crippen molar-refractivity contribution in [2.75, 3.05) is 32.8 Å². The summed E-state index contributed by atoms with van der Waals surface area (Å²) in [6, 6.07) is -0.417. The summed E-state index contributed by atoms with van der Waals surface area (Å²) in [5, 5.41) is 14.9. The molecule has 2 amide bonds. The molecule has 2 aliphatic rings. The first kappa shape index (κ1) is 16.0. The molecular formula is C14H25N3O4. The van der Waals surface area contributed by atoms with Crippen molar-refractivity contribution in [2.45, 2.75) is 44.2 Å². The van der Waals surface area contributed by atoms with Crippen LogP contribution in [-0.4, -0.2) is 66.4 Å². The Bertz CT molecular complexity index is 376. The molecule has 7 nitrogen and oxygen atoms in total. The van der Waals surface area contributed by atoms with Gasteiger partial charge >= 0.3 is 12.0 Å². The molecule has 0 radical (unpaired) electrons. The summed E-state index contributed by atoms with van der Waals surface area (Å²) >= 11 is 0. The number of amides is 2. The summed E-state index contributed by atoms with van der Waals surface area (Å²) in [6.45, 7) is 5.60. The van der Waals surface area contributed by atoms with Crippen LogP contribution in [0.3, 0.4) is 0 Å². The topological polar surface area (TPSA) is 90.9 Å². The Balaban J connectivity index is 1.82. The number of likely N-dealkylation sites (tertiary alicyclic amines) is 1. The van der Waals surface area contributed by atoms with Crippen molar-refractivity contribution < 1.29 is 19.4 Å². The van der Waals surface area contributed by atoms with Crippen molar-refractivity contribution in [1.82, 2.24) is 15.5 Å². The van der Waals surface area contributed by atoms with Crippen LogP contribution >= 0.6 is 0 Å². The zero-order valence-corrected chi connectivity index (χ0v) is 12.6. The molecule has 2 rings (SSSR count). The molecule has 0 aliphatic carbocycles. The lowest BCUT2D eigenvalue weighted by molar-refractivity contribution is -0.148. The SMILES string of the molecule is CC(CN1CCCC1)NC(=O)NC1(C(=O)O)CCOCC1. The Morgan fingerprint density at radius 3 is 2.48 bits per heavy atom. The van der Waals surface area contributed by atoms with E-state index in [9.17, 15) is 14.7 Å². The molecule has 21 heavy (non-hydrogen) atoms. The van der Waals surface area contributed by atoms with Crippen LogP contribution in [0.2, 0.25) is 0 Å². The highest BCUT2D eigenvalue weighted by Gasteiger charge is 2.41. The standard InChI is InChI=1S/C14H25N3O4/c1-11(10-17-6-2-3-7-17)15-13(20)16-14(12(18)19)4-8-21-9-5-14/h11H,2-10H2,1H3,(H,18,19)(H2,15,16,20). The first-order chi connectivity index (χ1) is 10.0. The van der Waals surface area contributed by atoms with E-state index >= 15 is 0 Å². The largest absolute Gasteiger partial charge is 0.480 e. The molecule has 0 aromatic carbocycles. The molecule has 1 unspecified atom stereocenters. The normalized spacial score (nSPS) is 23.5. The Morgan fingerprint density at radius 1 is 1.29 bits per heavy atom. The van der Waals surface area contributed by atoms with Gasteiger partial charge in [-0.1, -0.05) is 0 Å². The molecule has 1 atom stereocenters. The summed E-state index contributed by atoms with van der Waals surface area (Å²) in [7, 11) is 0. The fraction of sp³-hybridized carbons (Fsp3) is 0.857. The van der Waals surface area contributed by atoms with Gasteiger partial charge in [-0.15, -0.1) is 0 Å². The molecular weight excluding hydrogens is 274 g/mol. The molecule has 120 valence electrons. The van der Waals surface area contributed by atoms with Crippen LogP contribution in [0, 0.1) is 0 Å². The molecule has 0 bridgehead atoms. The second kappa shape index (κ2) is 7.09. The van der Waals surface area contributed by atoms with Crippen LogP contribution in [0.4, 0.5) is 4.79 Å². The van der Waals surface area contributed by atoms with Gasteiger partial charge < -0.3 is 25.4 Å². The molecule has 0 aromatic heterocycles. The van der Waals surface area contributed by atoms with Crippen LogP contribution in [0.1, 0.15) is 32.6 Å². The van der Waals surface area contributed by atoms with Gasteiger partial charge in [-0.3, -0.25) is 0 Å². The number of aliphatic carboxylic acids is 1. The Labute approximate surface area is 125 Å². The lowest BCUT2D eigenvalue weighted by atomic mass is 9.90. The minimum absolute atomic E-state index is 0.00575. The number of nitrogens with zero attached hydrogens (tertiary/aromatic N) is 1. The number of hydrogen-bond acceptors (Lipinski definition) is 4. The molecule has 0 aromatic rings. The third-order valence-electron chi connectivity index (χ3n) is 4.22. The van der Waals surface area contributed by atoms with Gasteiger partial charge in [-0.25, -0.2) is 9.59 Å². The fourth-order valence-electron chi connectivity index (χ4n) is 2.99. The van der Waals surface area contributed by atoms with Gasteiger partial charge in [0.2, 0.25) is 0 Å². The average molecular weight is 299 g/mol. The number of carboxylic acids is 1. The summed E-state index contributed by atoms with van der Waals surface area (Å²) in [5.74, 6) is -0.992. The van der Waals surface area contributed by atoms with Gasteiger partial charge in [0.05, 0.1) is 0 Å². The van der Waals surface area contributed by atoms with Gasteiger partial charge in [0.15, 0.2) is 0 Å². The quantitative estimate of drug-likeness (QED) is 0.684. The summed E-state index contributed by atoms with van der Waals surface area (Å²) in [6.07, 6.45) is 3.02. The summed E-state index contributed by atoms with van der Waals surface area (Å²) < 4.78 is 5.18. The van der Waals surface area contributed by atoms with Crippen molar-refractivity contribution in [3.8, 4) is 0 Å². The molecule has 2 heterocycles. The lowest BCUT2D eigenvalue weighted by Gasteiger charge is -2.34. The van der Waals surface area contributed by atoms with Gasteiger partial charge in [0, 0.05) is 38.6 Å². The number of carbonyl (C=O) groups excluding carboxylic acids is 1. The Hall–Kier alpha value is -1.34. The summed E-state index contributed by atoms with van der Waals surface area (Å²) in [4.78, 5) is 25.8. The van der Waals surface area contributed by atoms with E-state index in [-0.39, 0.29) is 6.04 Å². The number of carbonyl (C=O) groups is 2. The molecule has 2 fully saturated rings. The monoisotopic (exact) mass is 299 g/mol. The highest BCUT2D eigenvalue weighted by Crippen LogP contribution is 2.21. The average Bonchev–Trinajstić information content (AvgIpc) is 2.92. The van der Waals surface area contributed by atoms with Crippen LogP contribution in [-0.2, 0) is 9.53 Å².